The SMILES string of the molecule is CC[C@H](C)[C@@H]1NC(=O)CCN(C)C(=O)[C@H](COCC(C)(C)O)N(C)C(=O)[C@H](C2CCCC2)N(C)C(=O)C2(CCCC2)NC(=O)C2CCCN2C(=O)[C@H](CCc2ccc(C(F)(F)F)c(Cl)c2)NC(=O)CN(C)C(=O)[C@H](CC2CCCCC2)N(C)C(=O)CN(C)C(=O)CN(C)C1=O. The Morgan fingerprint density at radius 2 is 1.27 bits per heavy atom. The van der Waals surface area contributed by atoms with Crippen LogP contribution in [0, 0.1) is 17.8 Å². The number of likely N-dealkylation sites (N-methyl/N-ethyl adjacent to an activating group) is 7. The molecule has 11 amide bonds. The standard InChI is InChI=1S/C67H103ClF3N11O13/c1-12-42(2)56-62(91)78(8)38-54(85)76(6)39-55(86)79(9)50(36-43-21-14-13-15-22-43)60(89)77(7)37-53(84)72-48(29-27-44-26-28-46(47(68)35-44)67(69,70)71)59(88)82-33-20-25-49(82)58(87)74-66(31-18-19-32-66)64(93)81(11)57(45-23-16-17-24-45)63(92)80(10)51(40-95-41-65(3,4)94)61(90)75(5)34-30-52(83)73-56/h26,28,35,42-43,45,48-51,56-57,94H,12-25,27,29-34,36-41H2,1-11H3,(H,72,84)(H,73,83)(H,74,87)/t42-,48-,49?,50-,51-,56-,57-/m0/s1. The van der Waals surface area contributed by atoms with E-state index in [-0.39, 0.29) is 76.5 Å². The lowest BCUT2D eigenvalue weighted by Gasteiger charge is -2.42. The molecule has 0 radical (unpaired) electrons. The molecular formula is C67H103ClF3N11O13. The van der Waals surface area contributed by atoms with Crippen LogP contribution in [0.25, 0.3) is 0 Å². The molecule has 3 saturated carbocycles. The Morgan fingerprint density at radius 1 is 0.663 bits per heavy atom. The summed E-state index contributed by atoms with van der Waals surface area (Å²) in [4.78, 5) is 171. The number of alkyl halides is 3. The van der Waals surface area contributed by atoms with Crippen LogP contribution in [0.15, 0.2) is 18.2 Å². The number of benzene rings is 1. The zero-order chi connectivity index (χ0) is 70.4. The number of nitrogens with one attached hydrogen (secondary N) is 3. The fraction of sp³-hybridized carbons (Fsp3) is 0.746. The molecule has 4 N–H and O–H groups in total. The quantitative estimate of drug-likeness (QED) is 0.226. The van der Waals surface area contributed by atoms with E-state index in [1.54, 1.807) is 6.92 Å². The van der Waals surface area contributed by atoms with Gasteiger partial charge in [0, 0.05) is 68.8 Å². The molecule has 0 bridgehead atoms. The number of carbonyl (C=O) groups is 11. The normalized spacial score (nSPS) is 26.0. The molecule has 0 aromatic heterocycles. The Kier molecular flexibility index (Phi) is 27.7. The Labute approximate surface area is 562 Å². The summed E-state index contributed by atoms with van der Waals surface area (Å²) in [6.45, 7) is 4.19. The van der Waals surface area contributed by atoms with Crippen molar-refractivity contribution in [1.82, 2.24) is 55.1 Å². The lowest BCUT2D eigenvalue weighted by Crippen LogP contribution is -2.65. The second-order valence-corrected chi connectivity index (χ2v) is 28.4. The van der Waals surface area contributed by atoms with Gasteiger partial charge in [-0.2, -0.15) is 13.2 Å². The Balaban J connectivity index is 1.39. The topological polar surface area (TPSA) is 279 Å². The average Bonchev–Trinajstić information content (AvgIpc) is 1.73. The molecular weight excluding hydrogens is 1260 g/mol. The maximum atomic E-state index is 15.5. The fourth-order valence-electron chi connectivity index (χ4n) is 14.0. The van der Waals surface area contributed by atoms with E-state index in [4.69, 9.17) is 16.3 Å². The number of halogens is 4. The molecule has 2 heterocycles. The predicted molar refractivity (Wildman–Crippen MR) is 347 cm³/mol. The summed E-state index contributed by atoms with van der Waals surface area (Å²) < 4.78 is 47.4. The largest absolute Gasteiger partial charge is 0.417 e. The van der Waals surface area contributed by atoms with Crippen molar-refractivity contribution in [2.45, 2.75) is 210 Å². The number of hydrogen-bond acceptors (Lipinski definition) is 13. The van der Waals surface area contributed by atoms with Crippen molar-refractivity contribution in [3.05, 3.63) is 34.3 Å². The monoisotopic (exact) mass is 1360 g/mol. The van der Waals surface area contributed by atoms with Gasteiger partial charge in [0.05, 0.1) is 49.0 Å². The number of hydrogen-bond donors (Lipinski definition) is 4. The van der Waals surface area contributed by atoms with E-state index >= 15 is 14.4 Å². The zero-order valence-corrected chi connectivity index (χ0v) is 58.2. The van der Waals surface area contributed by atoms with Crippen molar-refractivity contribution in [2.75, 3.05) is 95.3 Å². The summed E-state index contributed by atoms with van der Waals surface area (Å²) in [5.74, 6) is -7.85. The van der Waals surface area contributed by atoms with Gasteiger partial charge in [-0.1, -0.05) is 95.7 Å². The molecule has 2 aliphatic heterocycles. The van der Waals surface area contributed by atoms with Gasteiger partial charge in [-0.15, -0.1) is 0 Å². The number of fused-ring (bicyclic) bond motifs is 1. The van der Waals surface area contributed by atoms with Gasteiger partial charge in [0.2, 0.25) is 65.0 Å². The van der Waals surface area contributed by atoms with E-state index in [1.165, 1.54) is 93.7 Å². The van der Waals surface area contributed by atoms with Crippen molar-refractivity contribution in [3.8, 4) is 0 Å². The number of ether oxygens (including phenoxy) is 1. The number of amides is 11. The second-order valence-electron chi connectivity index (χ2n) is 28.0. The van der Waals surface area contributed by atoms with E-state index in [0.29, 0.717) is 44.1 Å². The highest BCUT2D eigenvalue weighted by molar-refractivity contribution is 6.31. The van der Waals surface area contributed by atoms with E-state index in [9.17, 15) is 56.6 Å². The van der Waals surface area contributed by atoms with Crippen LogP contribution < -0.4 is 16.0 Å². The summed E-state index contributed by atoms with van der Waals surface area (Å²) in [7, 11) is 9.93. The van der Waals surface area contributed by atoms with E-state index in [2.05, 4.69) is 16.0 Å². The number of aliphatic hydroxyl groups is 1. The van der Waals surface area contributed by atoms with Crippen molar-refractivity contribution in [3.63, 3.8) is 0 Å². The predicted octanol–water partition coefficient (Wildman–Crippen LogP) is 4.39. The van der Waals surface area contributed by atoms with Gasteiger partial charge >= 0.3 is 6.18 Å². The molecule has 1 aromatic carbocycles. The van der Waals surface area contributed by atoms with Gasteiger partial charge in [0.25, 0.3) is 0 Å². The molecule has 532 valence electrons. The zero-order valence-electron chi connectivity index (χ0n) is 57.5. The van der Waals surface area contributed by atoms with Crippen LogP contribution in [0.4, 0.5) is 13.2 Å². The second kappa shape index (κ2) is 34.1. The number of nitrogens with zero attached hydrogens (tertiary/aromatic N) is 8. The molecule has 1 aromatic rings. The first-order chi connectivity index (χ1) is 44.6. The molecule has 2 saturated heterocycles. The third-order valence-corrected chi connectivity index (χ3v) is 20.3. The van der Waals surface area contributed by atoms with Gasteiger partial charge in [-0.3, -0.25) is 52.7 Å². The summed E-state index contributed by atoms with van der Waals surface area (Å²) >= 11 is 6.14. The fourth-order valence-corrected chi connectivity index (χ4v) is 14.3. The van der Waals surface area contributed by atoms with Gasteiger partial charge in [0.15, 0.2) is 0 Å². The maximum Gasteiger partial charge on any atom is 0.417 e. The third-order valence-electron chi connectivity index (χ3n) is 20.0. The number of aryl methyl sites for hydroxylation is 1. The highest BCUT2D eigenvalue weighted by Crippen LogP contribution is 2.38. The van der Waals surface area contributed by atoms with E-state index in [1.807, 2.05) is 6.92 Å². The first-order valence-corrected chi connectivity index (χ1v) is 34.1. The lowest BCUT2D eigenvalue weighted by molar-refractivity contribution is -0.156. The van der Waals surface area contributed by atoms with Crippen LogP contribution in [0.1, 0.15) is 161 Å². The number of carbonyl (C=O) groups excluding carboxylic acids is 11. The molecule has 5 fully saturated rings. The average molecular weight is 1360 g/mol. The first-order valence-electron chi connectivity index (χ1n) is 33.7. The van der Waals surface area contributed by atoms with Crippen molar-refractivity contribution in [1.29, 1.82) is 0 Å². The molecule has 6 rings (SSSR count). The highest BCUT2D eigenvalue weighted by Gasteiger charge is 2.51. The van der Waals surface area contributed by atoms with Crippen LogP contribution in [0.5, 0.6) is 0 Å². The molecule has 3 aliphatic carbocycles. The van der Waals surface area contributed by atoms with Crippen LogP contribution >= 0.6 is 11.6 Å². The Bertz CT molecular complexity index is 2920. The van der Waals surface area contributed by atoms with Crippen molar-refractivity contribution >= 4 is 76.6 Å². The third kappa shape index (κ3) is 20.5. The summed E-state index contributed by atoms with van der Waals surface area (Å²) in [6, 6.07) is -4.17. The van der Waals surface area contributed by atoms with Crippen LogP contribution in [-0.4, -0.2) is 252 Å². The minimum absolute atomic E-state index is 0.0274. The molecule has 7 atom stereocenters. The van der Waals surface area contributed by atoms with E-state index < -0.39 is 161 Å². The summed E-state index contributed by atoms with van der Waals surface area (Å²) in [5.41, 5.74) is -3.66. The van der Waals surface area contributed by atoms with Crippen LogP contribution in [-0.2, 0) is 70.1 Å². The highest BCUT2D eigenvalue weighted by atomic mass is 35.5. The summed E-state index contributed by atoms with van der Waals surface area (Å²) in [5, 5.41) is 18.7. The van der Waals surface area contributed by atoms with Crippen LogP contribution in [0.3, 0.4) is 0 Å². The lowest BCUT2D eigenvalue weighted by atomic mass is 9.84. The molecule has 1 unspecified atom stereocenters. The Hall–Kier alpha value is -6.61. The van der Waals surface area contributed by atoms with Gasteiger partial charge in [-0.05, 0) is 107 Å². The molecule has 1 spiro atoms. The minimum Gasteiger partial charge on any atom is -0.388 e. The molecule has 28 heteroatoms. The molecule has 95 heavy (non-hydrogen) atoms. The Morgan fingerprint density at radius 3 is 1.88 bits per heavy atom. The molecule has 5 aliphatic rings. The summed E-state index contributed by atoms with van der Waals surface area (Å²) in [6.07, 6.45) is 4.19. The van der Waals surface area contributed by atoms with Gasteiger partial charge < -0.3 is 65.0 Å². The van der Waals surface area contributed by atoms with Gasteiger partial charge in [0.1, 0.15) is 41.8 Å². The minimum atomic E-state index is -4.76. The van der Waals surface area contributed by atoms with Gasteiger partial charge in [-0.25, -0.2) is 0 Å². The van der Waals surface area contributed by atoms with E-state index in [0.717, 1.165) is 71.8 Å². The number of rotatable bonds is 12. The van der Waals surface area contributed by atoms with Crippen molar-refractivity contribution < 1.29 is 75.8 Å². The maximum absolute atomic E-state index is 15.5. The van der Waals surface area contributed by atoms with Crippen molar-refractivity contribution in [2.24, 2.45) is 17.8 Å². The smallest absolute Gasteiger partial charge is 0.388 e. The first kappa shape index (κ1) is 77.4. The van der Waals surface area contributed by atoms with Crippen LogP contribution in [0.2, 0.25) is 5.02 Å². The molecule has 24 nitrogen and oxygen atoms in total.